The fourth-order valence-corrected chi connectivity index (χ4v) is 3.54. The molecule has 1 aromatic heterocycles. The van der Waals surface area contributed by atoms with E-state index in [1.54, 1.807) is 79.3 Å². The minimum absolute atomic E-state index is 0.00399. The number of aromatic nitrogens is 2. The van der Waals surface area contributed by atoms with E-state index < -0.39 is 17.4 Å². The Bertz CT molecular complexity index is 1510. The fourth-order valence-electron chi connectivity index (χ4n) is 3.54. The second-order valence-electron chi connectivity index (χ2n) is 8.08. The Hall–Kier alpha value is -4.99. The Morgan fingerprint density at radius 1 is 1.00 bits per heavy atom. The number of carbonyl (C=O) groups excluding carboxylic acids is 2. The molecule has 4 rings (SSSR count). The molecular weight excluding hydrogens is 477 g/mol. The Morgan fingerprint density at radius 3 is 2.43 bits per heavy atom. The summed E-state index contributed by atoms with van der Waals surface area (Å²) in [5.41, 5.74) is 4.14. The van der Waals surface area contributed by atoms with Gasteiger partial charge in [-0.1, -0.05) is 30.3 Å². The predicted molar refractivity (Wildman–Crippen MR) is 137 cm³/mol. The van der Waals surface area contributed by atoms with E-state index in [0.717, 1.165) is 0 Å². The van der Waals surface area contributed by atoms with Crippen LogP contribution in [-0.4, -0.2) is 27.4 Å². The largest absolute Gasteiger partial charge is 0.489 e. The third-order valence-electron chi connectivity index (χ3n) is 5.55. The van der Waals surface area contributed by atoms with Crippen molar-refractivity contribution in [3.8, 4) is 11.4 Å². The van der Waals surface area contributed by atoms with Crippen molar-refractivity contribution < 1.29 is 18.7 Å². The van der Waals surface area contributed by atoms with Crippen molar-refractivity contribution >= 4 is 23.7 Å². The lowest BCUT2D eigenvalue weighted by Gasteiger charge is -2.07. The van der Waals surface area contributed by atoms with Crippen LogP contribution in [0.2, 0.25) is 0 Å². The van der Waals surface area contributed by atoms with Gasteiger partial charge in [0.15, 0.2) is 0 Å². The number of ether oxygens (including phenoxy) is 1. The number of hydrogen-bond acceptors (Lipinski definition) is 5. The van der Waals surface area contributed by atoms with Crippen molar-refractivity contribution in [1.29, 1.82) is 0 Å². The number of benzene rings is 3. The van der Waals surface area contributed by atoms with Crippen molar-refractivity contribution in [2.24, 2.45) is 12.1 Å². The fraction of sp³-hybridized carbons (Fsp3) is 0.111. The van der Waals surface area contributed by atoms with E-state index in [4.69, 9.17) is 4.74 Å². The van der Waals surface area contributed by atoms with Crippen molar-refractivity contribution in [1.82, 2.24) is 14.8 Å². The molecule has 0 aliphatic heterocycles. The SMILES string of the molecule is Cc1c(NC(=O)C(=O)N/N=C/c2ccc(OCc3cccc(F)c3)cc2)c(=O)n(-c2ccccc2)n1C. The van der Waals surface area contributed by atoms with E-state index in [0.29, 0.717) is 28.3 Å². The molecule has 0 unspecified atom stereocenters. The average Bonchev–Trinajstić information content (AvgIpc) is 3.11. The van der Waals surface area contributed by atoms with Crippen molar-refractivity contribution in [2.45, 2.75) is 13.5 Å². The molecule has 0 fully saturated rings. The first-order valence-corrected chi connectivity index (χ1v) is 11.3. The van der Waals surface area contributed by atoms with Gasteiger partial charge in [0.25, 0.3) is 5.56 Å². The normalized spacial score (nSPS) is 10.9. The summed E-state index contributed by atoms with van der Waals surface area (Å²) in [6.45, 7) is 1.88. The van der Waals surface area contributed by atoms with Crippen LogP contribution in [-0.2, 0) is 23.2 Å². The van der Waals surface area contributed by atoms with Crippen LogP contribution in [0.3, 0.4) is 0 Å². The van der Waals surface area contributed by atoms with E-state index >= 15 is 0 Å². The minimum atomic E-state index is -1.03. The Balaban J connectivity index is 1.33. The van der Waals surface area contributed by atoms with Gasteiger partial charge in [-0.3, -0.25) is 19.1 Å². The zero-order chi connectivity index (χ0) is 26.4. The summed E-state index contributed by atoms with van der Waals surface area (Å²) >= 11 is 0. The summed E-state index contributed by atoms with van der Waals surface area (Å²) < 4.78 is 21.9. The average molecular weight is 502 g/mol. The van der Waals surface area contributed by atoms with Crippen LogP contribution in [0.15, 0.2) is 88.8 Å². The maximum atomic E-state index is 13.3. The number of nitrogens with one attached hydrogen (secondary N) is 2. The maximum Gasteiger partial charge on any atom is 0.329 e. The molecule has 1 heterocycles. The Kier molecular flexibility index (Phi) is 7.58. The number of carbonyl (C=O) groups is 2. The Labute approximate surface area is 211 Å². The first kappa shape index (κ1) is 25.1. The van der Waals surface area contributed by atoms with E-state index in [1.165, 1.54) is 23.0 Å². The predicted octanol–water partition coefficient (Wildman–Crippen LogP) is 3.29. The van der Waals surface area contributed by atoms with E-state index in [9.17, 15) is 18.8 Å². The first-order chi connectivity index (χ1) is 17.8. The molecular formula is C27H24FN5O4. The highest BCUT2D eigenvalue weighted by Gasteiger charge is 2.21. The summed E-state index contributed by atoms with van der Waals surface area (Å²) in [6.07, 6.45) is 1.36. The molecule has 37 heavy (non-hydrogen) atoms. The maximum absolute atomic E-state index is 13.3. The van der Waals surface area contributed by atoms with Gasteiger partial charge in [0.1, 0.15) is 23.9 Å². The van der Waals surface area contributed by atoms with Crippen LogP contribution < -0.4 is 21.0 Å². The van der Waals surface area contributed by atoms with Gasteiger partial charge < -0.3 is 10.1 Å². The molecule has 2 N–H and O–H groups in total. The summed E-state index contributed by atoms with van der Waals surface area (Å²) in [6, 6.07) is 21.9. The molecule has 0 aliphatic rings. The van der Waals surface area contributed by atoms with Crippen LogP contribution in [0.4, 0.5) is 10.1 Å². The number of para-hydroxylation sites is 1. The number of hydrogen-bond donors (Lipinski definition) is 2. The van der Waals surface area contributed by atoms with Crippen LogP contribution in [0.25, 0.3) is 5.69 Å². The second kappa shape index (κ2) is 11.2. The second-order valence-corrected chi connectivity index (χ2v) is 8.08. The number of anilines is 1. The lowest BCUT2D eigenvalue weighted by molar-refractivity contribution is -0.136. The number of rotatable bonds is 7. The molecule has 0 bridgehead atoms. The van der Waals surface area contributed by atoms with Crippen LogP contribution in [0.5, 0.6) is 5.75 Å². The molecule has 0 spiro atoms. The molecule has 188 valence electrons. The quantitative estimate of drug-likeness (QED) is 0.230. The van der Waals surface area contributed by atoms with E-state index in [1.807, 2.05) is 6.07 Å². The van der Waals surface area contributed by atoms with Gasteiger partial charge in [-0.2, -0.15) is 5.10 Å². The molecule has 0 saturated heterocycles. The molecule has 0 radical (unpaired) electrons. The first-order valence-electron chi connectivity index (χ1n) is 11.3. The topological polar surface area (TPSA) is 107 Å². The number of nitrogens with zero attached hydrogens (tertiary/aromatic N) is 3. The van der Waals surface area contributed by atoms with E-state index in [-0.39, 0.29) is 18.1 Å². The lowest BCUT2D eigenvalue weighted by atomic mass is 10.2. The zero-order valence-electron chi connectivity index (χ0n) is 20.1. The van der Waals surface area contributed by atoms with Gasteiger partial charge in [-0.25, -0.2) is 14.5 Å². The molecule has 0 saturated carbocycles. The third-order valence-corrected chi connectivity index (χ3v) is 5.55. The van der Waals surface area contributed by atoms with Gasteiger partial charge in [0.05, 0.1) is 17.6 Å². The minimum Gasteiger partial charge on any atom is -0.489 e. The highest BCUT2D eigenvalue weighted by molar-refractivity contribution is 6.39. The van der Waals surface area contributed by atoms with Gasteiger partial charge in [0.2, 0.25) is 0 Å². The highest BCUT2D eigenvalue weighted by Crippen LogP contribution is 2.15. The zero-order valence-corrected chi connectivity index (χ0v) is 20.1. The summed E-state index contributed by atoms with van der Waals surface area (Å²) in [5.74, 6) is -1.81. The highest BCUT2D eigenvalue weighted by atomic mass is 19.1. The monoisotopic (exact) mass is 501 g/mol. The third kappa shape index (κ3) is 5.99. The van der Waals surface area contributed by atoms with Gasteiger partial charge in [-0.05, 0) is 66.6 Å². The summed E-state index contributed by atoms with van der Waals surface area (Å²) in [5, 5.41) is 6.17. The smallest absolute Gasteiger partial charge is 0.329 e. The van der Waals surface area contributed by atoms with Gasteiger partial charge >= 0.3 is 11.8 Å². The molecule has 0 aliphatic carbocycles. The van der Waals surface area contributed by atoms with Crippen molar-refractivity contribution in [3.05, 3.63) is 112 Å². The van der Waals surface area contributed by atoms with Crippen molar-refractivity contribution in [3.63, 3.8) is 0 Å². The lowest BCUT2D eigenvalue weighted by Crippen LogP contribution is -2.34. The van der Waals surface area contributed by atoms with Crippen LogP contribution >= 0.6 is 0 Å². The Morgan fingerprint density at radius 2 is 1.73 bits per heavy atom. The van der Waals surface area contributed by atoms with Gasteiger partial charge in [-0.15, -0.1) is 0 Å². The standard InChI is InChI=1S/C27H24FN5O4/c1-18-24(27(36)33(32(18)2)22-9-4-3-5-10-22)30-25(34)26(35)31-29-16-19-11-13-23(14-12-19)37-17-20-7-6-8-21(28)15-20/h3-16H,17H2,1-2H3,(H,30,34)(H,31,35)/b29-16+. The molecule has 4 aromatic rings. The number of amides is 2. The number of halogens is 1. The number of hydrazone groups is 1. The molecule has 3 aromatic carbocycles. The molecule has 10 heteroatoms. The van der Waals surface area contributed by atoms with E-state index in [2.05, 4.69) is 15.8 Å². The summed E-state index contributed by atoms with van der Waals surface area (Å²) in [4.78, 5) is 37.5. The molecule has 2 amide bonds. The van der Waals surface area contributed by atoms with Gasteiger partial charge in [0, 0.05) is 7.05 Å². The summed E-state index contributed by atoms with van der Waals surface area (Å²) in [7, 11) is 1.68. The molecule has 0 atom stereocenters. The van der Waals surface area contributed by atoms with Crippen molar-refractivity contribution in [2.75, 3.05) is 5.32 Å². The van der Waals surface area contributed by atoms with Crippen LogP contribution in [0, 0.1) is 12.7 Å². The molecule has 9 nitrogen and oxygen atoms in total. The van der Waals surface area contributed by atoms with Crippen LogP contribution in [0.1, 0.15) is 16.8 Å².